The highest BCUT2D eigenvalue weighted by molar-refractivity contribution is 5.82. The number of benzene rings is 2. The number of rotatable bonds is 3. The molecule has 5 aromatic rings. The van der Waals surface area contributed by atoms with Gasteiger partial charge in [0.2, 0.25) is 0 Å². The Balaban J connectivity index is 1.88. The Morgan fingerprint density at radius 2 is 1.38 bits per heavy atom. The first kappa shape index (κ1) is 17.4. The molecule has 3 aromatic heterocycles. The molecule has 0 amide bonds. The maximum atomic E-state index is 5.02. The van der Waals surface area contributed by atoms with E-state index >= 15 is 0 Å². The van der Waals surface area contributed by atoms with Gasteiger partial charge in [-0.3, -0.25) is 0 Å². The van der Waals surface area contributed by atoms with Gasteiger partial charge in [0, 0.05) is 22.9 Å². The van der Waals surface area contributed by atoms with Crippen LogP contribution in [0.1, 0.15) is 17.1 Å². The summed E-state index contributed by atoms with van der Waals surface area (Å²) in [7, 11) is 0. The zero-order valence-electron chi connectivity index (χ0n) is 16.7. The summed E-state index contributed by atoms with van der Waals surface area (Å²) in [6.07, 6.45) is 0. The molecule has 5 rings (SSSR count). The lowest BCUT2D eigenvalue weighted by atomic mass is 10.1. The Labute approximate surface area is 169 Å². The first-order chi connectivity index (χ1) is 14.1. The van der Waals surface area contributed by atoms with Crippen LogP contribution in [-0.4, -0.2) is 24.4 Å². The third kappa shape index (κ3) is 2.91. The largest absolute Gasteiger partial charge is 0.228 e. The lowest BCUT2D eigenvalue weighted by molar-refractivity contribution is 0.752. The summed E-state index contributed by atoms with van der Waals surface area (Å²) in [6, 6.07) is 24.7. The first-order valence-electron chi connectivity index (χ1n) is 9.66. The summed E-state index contributed by atoms with van der Waals surface area (Å²) in [5.41, 5.74) is 7.93. The molecule has 3 heterocycles. The number of aromatic nitrogens is 5. The first-order valence-corrected chi connectivity index (χ1v) is 9.66. The predicted octanol–water partition coefficient (Wildman–Crippen LogP) is 5.17. The lowest BCUT2D eigenvalue weighted by Gasteiger charge is -2.11. The van der Waals surface area contributed by atoms with Crippen molar-refractivity contribution in [3.8, 4) is 28.2 Å². The van der Waals surface area contributed by atoms with E-state index in [-0.39, 0.29) is 0 Å². The van der Waals surface area contributed by atoms with E-state index in [1.807, 2.05) is 59.4 Å². The van der Waals surface area contributed by atoms with Crippen LogP contribution < -0.4 is 0 Å². The van der Waals surface area contributed by atoms with Gasteiger partial charge in [0.15, 0.2) is 11.5 Å². The van der Waals surface area contributed by atoms with Gasteiger partial charge in [0.1, 0.15) is 0 Å². The molecule has 0 N–H and O–H groups in total. The van der Waals surface area contributed by atoms with Crippen LogP contribution >= 0.6 is 0 Å². The molecular formula is C24H21N5. The van der Waals surface area contributed by atoms with Crippen LogP contribution in [0.25, 0.3) is 33.8 Å². The van der Waals surface area contributed by atoms with E-state index < -0.39 is 0 Å². The molecule has 0 atom stereocenters. The molecule has 5 heteroatoms. The van der Waals surface area contributed by atoms with Gasteiger partial charge in [-0.25, -0.2) is 9.67 Å². The topological polar surface area (TPSA) is 48.0 Å². The third-order valence-corrected chi connectivity index (χ3v) is 5.10. The maximum absolute atomic E-state index is 5.02. The summed E-state index contributed by atoms with van der Waals surface area (Å²) >= 11 is 0. The van der Waals surface area contributed by atoms with Crippen molar-refractivity contribution in [3.05, 3.63) is 89.9 Å². The molecule has 0 radical (unpaired) electrons. The van der Waals surface area contributed by atoms with Crippen LogP contribution in [0.4, 0.5) is 0 Å². The monoisotopic (exact) mass is 379 g/mol. The van der Waals surface area contributed by atoms with Gasteiger partial charge in [-0.2, -0.15) is 14.7 Å². The van der Waals surface area contributed by atoms with Crippen LogP contribution in [0.3, 0.4) is 0 Å². The van der Waals surface area contributed by atoms with Crippen LogP contribution in [0, 0.1) is 20.8 Å². The second-order valence-electron chi connectivity index (χ2n) is 7.27. The highest BCUT2D eigenvalue weighted by Crippen LogP contribution is 2.31. The van der Waals surface area contributed by atoms with Crippen molar-refractivity contribution in [2.75, 3.05) is 0 Å². The summed E-state index contributed by atoms with van der Waals surface area (Å²) in [5, 5.41) is 9.55. The number of fused-ring (bicyclic) bond motifs is 1. The van der Waals surface area contributed by atoms with Crippen molar-refractivity contribution in [1.82, 2.24) is 24.4 Å². The molecule has 2 aromatic carbocycles. The second kappa shape index (κ2) is 6.71. The molecule has 0 fully saturated rings. The lowest BCUT2D eigenvalue weighted by Crippen LogP contribution is -2.08. The van der Waals surface area contributed by atoms with Crippen molar-refractivity contribution >= 4 is 5.65 Å². The summed E-state index contributed by atoms with van der Waals surface area (Å²) in [5.74, 6) is 0.879. The van der Waals surface area contributed by atoms with E-state index in [9.17, 15) is 0 Å². The Hall–Kier alpha value is -3.73. The van der Waals surface area contributed by atoms with Crippen molar-refractivity contribution in [2.24, 2.45) is 0 Å². The third-order valence-electron chi connectivity index (χ3n) is 5.10. The molecule has 0 saturated heterocycles. The molecule has 0 unspecified atom stereocenters. The molecule has 0 aliphatic rings. The van der Waals surface area contributed by atoms with E-state index in [1.165, 1.54) is 0 Å². The zero-order chi connectivity index (χ0) is 20.0. The van der Waals surface area contributed by atoms with Crippen LogP contribution in [0.5, 0.6) is 0 Å². The van der Waals surface area contributed by atoms with Crippen molar-refractivity contribution in [2.45, 2.75) is 20.8 Å². The Morgan fingerprint density at radius 3 is 2.00 bits per heavy atom. The molecule has 0 saturated carbocycles. The van der Waals surface area contributed by atoms with Gasteiger partial charge in [0.25, 0.3) is 0 Å². The van der Waals surface area contributed by atoms with E-state index in [1.54, 1.807) is 0 Å². The van der Waals surface area contributed by atoms with Gasteiger partial charge in [-0.15, -0.1) is 0 Å². The summed E-state index contributed by atoms with van der Waals surface area (Å²) < 4.78 is 3.85. The molecule has 0 aliphatic carbocycles. The highest BCUT2D eigenvalue weighted by Gasteiger charge is 2.19. The predicted molar refractivity (Wildman–Crippen MR) is 115 cm³/mol. The summed E-state index contributed by atoms with van der Waals surface area (Å²) in [6.45, 7) is 6.09. The summed E-state index contributed by atoms with van der Waals surface area (Å²) in [4.78, 5) is 5.02. The smallest absolute Gasteiger partial charge is 0.166 e. The van der Waals surface area contributed by atoms with E-state index in [0.29, 0.717) is 0 Å². The maximum Gasteiger partial charge on any atom is 0.166 e. The normalized spacial score (nSPS) is 11.3. The SMILES string of the molecule is Cc1cc(C)n(-c2cc(-c3ccccc3)nc3c(-c4ccccc4)c(C)nn23)n1. The van der Waals surface area contributed by atoms with Crippen molar-refractivity contribution in [3.63, 3.8) is 0 Å². The number of aryl methyl sites for hydroxylation is 3. The minimum Gasteiger partial charge on any atom is -0.228 e. The van der Waals surface area contributed by atoms with Crippen LogP contribution in [-0.2, 0) is 0 Å². The Morgan fingerprint density at radius 1 is 0.724 bits per heavy atom. The van der Waals surface area contributed by atoms with Gasteiger partial charge in [0.05, 0.1) is 17.1 Å². The number of hydrogen-bond acceptors (Lipinski definition) is 3. The van der Waals surface area contributed by atoms with Gasteiger partial charge in [-0.1, -0.05) is 60.7 Å². The fourth-order valence-corrected chi connectivity index (χ4v) is 3.82. The minimum absolute atomic E-state index is 0.831. The molecule has 29 heavy (non-hydrogen) atoms. The van der Waals surface area contributed by atoms with E-state index in [0.717, 1.165) is 50.9 Å². The number of nitrogens with zero attached hydrogens (tertiary/aromatic N) is 5. The average molecular weight is 379 g/mol. The molecule has 0 spiro atoms. The molecule has 0 bridgehead atoms. The van der Waals surface area contributed by atoms with Gasteiger partial charge in [-0.05, 0) is 32.4 Å². The minimum atomic E-state index is 0.831. The molecule has 5 nitrogen and oxygen atoms in total. The highest BCUT2D eigenvalue weighted by atomic mass is 15.4. The molecule has 142 valence electrons. The van der Waals surface area contributed by atoms with Gasteiger partial charge < -0.3 is 0 Å². The van der Waals surface area contributed by atoms with Crippen LogP contribution in [0.15, 0.2) is 72.8 Å². The van der Waals surface area contributed by atoms with Gasteiger partial charge >= 0.3 is 0 Å². The average Bonchev–Trinajstić information content (AvgIpc) is 3.26. The fraction of sp³-hybridized carbons (Fsp3) is 0.125. The van der Waals surface area contributed by atoms with E-state index in [2.05, 4.69) is 43.3 Å². The quantitative estimate of drug-likeness (QED) is 0.434. The van der Waals surface area contributed by atoms with Crippen LogP contribution in [0.2, 0.25) is 0 Å². The molecular weight excluding hydrogens is 358 g/mol. The fourth-order valence-electron chi connectivity index (χ4n) is 3.82. The Bertz CT molecular complexity index is 1310. The zero-order valence-corrected chi connectivity index (χ0v) is 16.7. The van der Waals surface area contributed by atoms with E-state index in [4.69, 9.17) is 15.2 Å². The number of hydrogen-bond donors (Lipinski definition) is 0. The standard InChI is InChI=1S/C24H21N5/c1-16-14-17(2)28(26-16)22-15-21(19-10-6-4-7-11-19)25-24-23(18(3)27-29(22)24)20-12-8-5-9-13-20/h4-15H,1-3H3. The van der Waals surface area contributed by atoms with Crippen molar-refractivity contribution in [1.29, 1.82) is 0 Å². The second-order valence-corrected chi connectivity index (χ2v) is 7.27. The van der Waals surface area contributed by atoms with Crippen molar-refractivity contribution < 1.29 is 0 Å². The molecule has 0 aliphatic heterocycles. The Kier molecular flexibility index (Phi) is 4.02.